The van der Waals surface area contributed by atoms with E-state index in [4.69, 9.17) is 0 Å². The van der Waals surface area contributed by atoms with Gasteiger partial charge in [0, 0.05) is 0 Å². The van der Waals surface area contributed by atoms with Crippen molar-refractivity contribution in [3.05, 3.63) is 0 Å². The van der Waals surface area contributed by atoms with Gasteiger partial charge in [0.2, 0.25) is 0 Å². The van der Waals surface area contributed by atoms with Gasteiger partial charge in [-0.25, -0.2) is 0 Å². The molecule has 0 radical (unpaired) electrons. The number of halogens is 4. The molecule has 0 fully saturated rings. The van der Waals surface area contributed by atoms with E-state index in [1.807, 2.05) is 0 Å². The van der Waals surface area contributed by atoms with E-state index in [0.29, 0.717) is 0 Å². The molecule has 32 valence electrons. The molecule has 0 bridgehead atoms. The van der Waals surface area contributed by atoms with Crippen LogP contribution in [0.15, 0.2) is 0 Å². The minimum absolute atomic E-state index is 0. The fourth-order valence-corrected chi connectivity index (χ4v) is 0. The minimum Gasteiger partial charge on any atom is -1.00 e. The molecule has 0 heterocycles. The number of rotatable bonds is 0. The molecule has 0 aliphatic heterocycles. The second-order valence-electron chi connectivity index (χ2n) is 0. The summed E-state index contributed by atoms with van der Waals surface area (Å²) in [4.78, 5) is 0. The molecular weight excluding hydrogens is 89.9 g/mol. The molecule has 0 aliphatic rings. The van der Waals surface area contributed by atoms with Crippen molar-refractivity contribution in [3.63, 3.8) is 0 Å². The minimum atomic E-state index is 0. The molecule has 0 rings (SSSR count). The molecule has 0 aromatic carbocycles. The summed E-state index contributed by atoms with van der Waals surface area (Å²) in [6, 6.07) is 0. The van der Waals surface area contributed by atoms with E-state index in [-0.39, 0.29) is 56.5 Å². The van der Waals surface area contributed by atoms with E-state index in [2.05, 4.69) is 0 Å². The van der Waals surface area contributed by atoms with Crippen LogP contribution in [0, 0.1) is 0 Å². The molecule has 0 saturated carbocycles. The third-order valence-electron chi connectivity index (χ3n) is 0. The summed E-state index contributed by atoms with van der Waals surface area (Å²) in [6.07, 6.45) is 0. The summed E-state index contributed by atoms with van der Waals surface area (Å²) < 4.78 is 0. The standard InChI is InChI=1S/4FH.2Li/h4*1H;;/q;;;;2*+1/p-2. The van der Waals surface area contributed by atoms with Crippen LogP contribution in [0.3, 0.4) is 0 Å². The molecule has 6 heavy (non-hydrogen) atoms. The van der Waals surface area contributed by atoms with Gasteiger partial charge in [0.15, 0.2) is 0 Å². The Kier molecular flexibility index (Phi) is 8230. The van der Waals surface area contributed by atoms with Gasteiger partial charge >= 0.3 is 37.7 Å². The fourth-order valence-electron chi connectivity index (χ4n) is 0. The maximum Gasteiger partial charge on any atom is 1.00 e. The summed E-state index contributed by atoms with van der Waals surface area (Å²) in [7, 11) is 0. The van der Waals surface area contributed by atoms with Crippen LogP contribution in [-0.2, 0) is 0 Å². The predicted octanol–water partition coefficient (Wildman–Crippen LogP) is -11.7. The molecule has 0 N–H and O–H groups in total. The maximum atomic E-state index is 0. The summed E-state index contributed by atoms with van der Waals surface area (Å²) >= 11 is 0. The molecule has 0 unspecified atom stereocenters. The number of hydrogen-bond donors (Lipinski definition) is 0. The molecule has 0 nitrogen and oxygen atoms in total. The summed E-state index contributed by atoms with van der Waals surface area (Å²) in [6.45, 7) is 0. The first-order valence-electron chi connectivity index (χ1n) is 0. The van der Waals surface area contributed by atoms with Gasteiger partial charge in [-0.15, -0.1) is 0 Å². The molecule has 0 aromatic heterocycles. The Morgan fingerprint density at radius 2 is 0.500 bits per heavy atom. The van der Waals surface area contributed by atoms with Gasteiger partial charge < -0.3 is 9.41 Å². The molecule has 0 atom stereocenters. The topological polar surface area (TPSA) is 0 Å². The Balaban J connectivity index is 0. The van der Waals surface area contributed by atoms with Crippen LogP contribution in [0.5, 0.6) is 0 Å². The Bertz CT molecular complexity index is 5.51. The summed E-state index contributed by atoms with van der Waals surface area (Å²) in [5.41, 5.74) is 0. The normalized spacial score (nSPS) is 0. The molecule has 0 aromatic rings. The average molecular weight is 91.9 g/mol. The second kappa shape index (κ2) is 171. The van der Waals surface area contributed by atoms with Crippen molar-refractivity contribution in [1.82, 2.24) is 0 Å². The third kappa shape index (κ3) is 90.0. The molecule has 0 spiro atoms. The van der Waals surface area contributed by atoms with Crippen molar-refractivity contribution in [2.24, 2.45) is 0 Å². The van der Waals surface area contributed by atoms with Crippen molar-refractivity contribution in [1.29, 1.82) is 0 Å². The van der Waals surface area contributed by atoms with Gasteiger partial charge in [-0.3, -0.25) is 9.41 Å². The molecule has 0 saturated heterocycles. The quantitative estimate of drug-likeness (QED) is 0.205. The van der Waals surface area contributed by atoms with E-state index in [1.54, 1.807) is 0 Å². The summed E-state index contributed by atoms with van der Waals surface area (Å²) in [5, 5.41) is 0. The van der Waals surface area contributed by atoms with Crippen molar-refractivity contribution in [2.45, 2.75) is 0 Å². The van der Waals surface area contributed by atoms with E-state index >= 15 is 0 Å². The van der Waals surface area contributed by atoms with Crippen molar-refractivity contribution >= 4 is 0 Å². The van der Waals surface area contributed by atoms with Crippen LogP contribution < -0.4 is 47.1 Å². The van der Waals surface area contributed by atoms with Crippen LogP contribution in [0.2, 0.25) is 0 Å². The molecule has 0 aliphatic carbocycles. The van der Waals surface area contributed by atoms with Crippen LogP contribution in [0.1, 0.15) is 0 Å². The first kappa shape index (κ1) is 289. The average Bonchev–Trinajstić information content (AvgIpc) is 0. The van der Waals surface area contributed by atoms with E-state index < -0.39 is 0 Å². The zero-order valence-corrected chi connectivity index (χ0v) is 3.57. The second-order valence-corrected chi connectivity index (χ2v) is 0. The zero-order chi connectivity index (χ0) is 0. The van der Waals surface area contributed by atoms with E-state index in [0.717, 1.165) is 0 Å². The van der Waals surface area contributed by atoms with Crippen LogP contribution in [-0.4, -0.2) is 0 Å². The van der Waals surface area contributed by atoms with Crippen LogP contribution in [0.4, 0.5) is 9.41 Å². The fraction of sp³-hybridized carbons (Fsp3) is 0. The van der Waals surface area contributed by atoms with E-state index in [1.165, 1.54) is 0 Å². The van der Waals surface area contributed by atoms with Crippen molar-refractivity contribution in [2.75, 3.05) is 0 Å². The summed E-state index contributed by atoms with van der Waals surface area (Å²) in [5.74, 6) is 0. The maximum absolute atomic E-state index is 0. The first-order valence-corrected chi connectivity index (χ1v) is 0. The number of hydrogen-bond acceptors (Lipinski definition) is 0. The SMILES string of the molecule is F.F.[F-].[F-].[Li+].[Li+]. The monoisotopic (exact) mass is 92.0 g/mol. The Hall–Kier alpha value is 0.915. The van der Waals surface area contributed by atoms with Gasteiger partial charge in [-0.1, -0.05) is 0 Å². The Labute approximate surface area is 56.9 Å². The predicted molar refractivity (Wildman–Crippen MR) is 5.01 cm³/mol. The third-order valence-corrected chi connectivity index (χ3v) is 0. The van der Waals surface area contributed by atoms with Gasteiger partial charge in [-0.05, 0) is 0 Å². The van der Waals surface area contributed by atoms with Gasteiger partial charge in [0.1, 0.15) is 0 Å². The first-order chi connectivity index (χ1) is 0. The molecular formula is H2F4Li2. The van der Waals surface area contributed by atoms with Gasteiger partial charge in [0.05, 0.1) is 0 Å². The van der Waals surface area contributed by atoms with Gasteiger partial charge in [0.25, 0.3) is 0 Å². The van der Waals surface area contributed by atoms with Crippen LogP contribution >= 0.6 is 0 Å². The molecule has 6 heteroatoms. The van der Waals surface area contributed by atoms with Crippen molar-refractivity contribution in [3.8, 4) is 0 Å². The van der Waals surface area contributed by atoms with Gasteiger partial charge in [-0.2, -0.15) is 0 Å². The Morgan fingerprint density at radius 1 is 0.500 bits per heavy atom. The molecule has 0 amide bonds. The zero-order valence-electron chi connectivity index (χ0n) is 3.57. The largest absolute Gasteiger partial charge is 1.00 e. The van der Waals surface area contributed by atoms with Crippen molar-refractivity contribution < 1.29 is 56.5 Å². The van der Waals surface area contributed by atoms with Crippen LogP contribution in [0.25, 0.3) is 0 Å². The smallest absolute Gasteiger partial charge is 1.00 e. The van der Waals surface area contributed by atoms with E-state index in [9.17, 15) is 0 Å². The Morgan fingerprint density at radius 3 is 0.500 bits per heavy atom.